The Morgan fingerprint density at radius 3 is 2.04 bits per heavy atom. The smallest absolute Gasteiger partial charge is 0.343 e. The fraction of sp³-hybridized carbons (Fsp3) is 0.447. The van der Waals surface area contributed by atoms with Crippen LogP contribution in [0.1, 0.15) is 67.7 Å². The fourth-order valence-electron chi connectivity index (χ4n) is 4.63. The topological polar surface area (TPSA) is 116 Å². The van der Waals surface area contributed by atoms with Crippen LogP contribution < -0.4 is 14.2 Å². The molecule has 0 saturated carbocycles. The zero-order chi connectivity index (χ0) is 34.6. The molecule has 1 aliphatic heterocycles. The van der Waals surface area contributed by atoms with Crippen LogP contribution in [0.2, 0.25) is 0 Å². The molecule has 1 aliphatic rings. The molecule has 3 aromatic carbocycles. The largest absolute Gasteiger partial charge is 0.493 e. The molecular weight excluding hydrogens is 616 g/mol. The lowest BCUT2D eigenvalue weighted by atomic mass is 9.90. The van der Waals surface area contributed by atoms with Crippen LogP contribution in [0.15, 0.2) is 66.7 Å². The number of methoxy groups -OCH3 is 1. The highest BCUT2D eigenvalue weighted by molar-refractivity contribution is 5.92. The molecule has 0 atom stereocenters. The van der Waals surface area contributed by atoms with Gasteiger partial charge >= 0.3 is 17.9 Å². The van der Waals surface area contributed by atoms with E-state index in [1.807, 2.05) is 45.0 Å². The minimum atomic E-state index is -0.558. The first kappa shape index (κ1) is 36.4. The van der Waals surface area contributed by atoms with Gasteiger partial charge in [-0.15, -0.1) is 0 Å². The van der Waals surface area contributed by atoms with E-state index in [0.29, 0.717) is 49.1 Å². The van der Waals surface area contributed by atoms with Crippen LogP contribution >= 0.6 is 0 Å². The van der Waals surface area contributed by atoms with Gasteiger partial charge in [0.1, 0.15) is 19.0 Å². The van der Waals surface area contributed by atoms with Crippen LogP contribution in [0.4, 0.5) is 0 Å². The number of rotatable bonds is 18. The van der Waals surface area contributed by atoms with Crippen molar-refractivity contribution in [2.75, 3.05) is 53.4 Å². The Balaban J connectivity index is 1.21. The molecule has 0 amide bonds. The average Bonchev–Trinajstić information content (AvgIpc) is 3.09. The third kappa shape index (κ3) is 10.3. The van der Waals surface area contributed by atoms with Crippen LogP contribution in [-0.4, -0.2) is 71.3 Å². The number of ether oxygens (including phenoxy) is 7. The van der Waals surface area contributed by atoms with E-state index in [9.17, 15) is 14.4 Å². The van der Waals surface area contributed by atoms with Gasteiger partial charge in [0.2, 0.25) is 0 Å². The standard InChI is InChI=1S/C38H46O10/c1-6-37(2,3)36(41)47-22-21-45-32-18-15-30(23-33(32)42-5)35(40)48-31-16-13-28(14-17-31)27-9-11-29(12-10-27)34(39)46-20-8-7-19-43-24-38(4)25-44-26-38/h9-18,23H,6-8,19-22,24-26H2,1-5H3. The number of carbonyl (C=O) groups is 3. The molecule has 48 heavy (non-hydrogen) atoms. The molecule has 0 bridgehead atoms. The zero-order valence-electron chi connectivity index (χ0n) is 28.5. The summed E-state index contributed by atoms with van der Waals surface area (Å²) in [4.78, 5) is 37.5. The van der Waals surface area contributed by atoms with Crippen LogP contribution in [0.5, 0.6) is 17.2 Å². The summed E-state index contributed by atoms with van der Waals surface area (Å²) in [7, 11) is 1.47. The lowest BCUT2D eigenvalue weighted by Crippen LogP contribution is -2.43. The maximum Gasteiger partial charge on any atom is 0.343 e. The number of benzene rings is 3. The molecule has 0 spiro atoms. The fourth-order valence-corrected chi connectivity index (χ4v) is 4.63. The molecule has 1 fully saturated rings. The van der Waals surface area contributed by atoms with Gasteiger partial charge in [-0.05, 0) is 86.7 Å². The summed E-state index contributed by atoms with van der Waals surface area (Å²) in [6.45, 7) is 11.1. The normalized spacial score (nSPS) is 13.6. The van der Waals surface area contributed by atoms with E-state index >= 15 is 0 Å². The zero-order valence-corrected chi connectivity index (χ0v) is 28.5. The summed E-state index contributed by atoms with van der Waals surface area (Å²) in [5.74, 6) is -0.0712. The van der Waals surface area contributed by atoms with Gasteiger partial charge in [-0.25, -0.2) is 9.59 Å². The van der Waals surface area contributed by atoms with Gasteiger partial charge in [0.15, 0.2) is 11.5 Å². The number of hydrogen-bond donors (Lipinski definition) is 0. The minimum absolute atomic E-state index is 0.0928. The average molecular weight is 663 g/mol. The molecule has 0 aromatic heterocycles. The monoisotopic (exact) mass is 662 g/mol. The Morgan fingerprint density at radius 1 is 0.771 bits per heavy atom. The maximum absolute atomic E-state index is 12.9. The molecule has 0 unspecified atom stereocenters. The molecule has 3 aromatic rings. The van der Waals surface area contributed by atoms with Crippen molar-refractivity contribution in [3.8, 4) is 28.4 Å². The van der Waals surface area contributed by atoms with Gasteiger partial charge < -0.3 is 33.2 Å². The summed E-state index contributed by atoms with van der Waals surface area (Å²) in [6, 6.07) is 19.0. The second-order valence-corrected chi connectivity index (χ2v) is 12.8. The molecule has 10 nitrogen and oxygen atoms in total. The number of hydrogen-bond acceptors (Lipinski definition) is 10. The van der Waals surface area contributed by atoms with Gasteiger partial charge in [0.25, 0.3) is 0 Å². The highest BCUT2D eigenvalue weighted by atomic mass is 16.6. The first-order valence-corrected chi connectivity index (χ1v) is 16.3. The second kappa shape index (κ2) is 17.1. The van der Waals surface area contributed by atoms with E-state index in [-0.39, 0.29) is 36.1 Å². The lowest BCUT2D eigenvalue weighted by Gasteiger charge is -2.37. The lowest BCUT2D eigenvalue weighted by molar-refractivity contribution is -0.154. The van der Waals surface area contributed by atoms with Crippen molar-refractivity contribution in [3.63, 3.8) is 0 Å². The van der Waals surface area contributed by atoms with E-state index in [1.165, 1.54) is 13.2 Å². The van der Waals surface area contributed by atoms with E-state index in [1.54, 1.807) is 36.4 Å². The van der Waals surface area contributed by atoms with E-state index in [0.717, 1.165) is 37.2 Å². The van der Waals surface area contributed by atoms with E-state index < -0.39 is 11.4 Å². The Bertz CT molecular complexity index is 1510. The summed E-state index contributed by atoms with van der Waals surface area (Å²) in [5.41, 5.74) is 2.14. The second-order valence-electron chi connectivity index (χ2n) is 12.8. The first-order valence-electron chi connectivity index (χ1n) is 16.3. The van der Waals surface area contributed by atoms with Crippen LogP contribution in [0.25, 0.3) is 11.1 Å². The quantitative estimate of drug-likeness (QED) is 0.0807. The van der Waals surface area contributed by atoms with Gasteiger partial charge in [-0.3, -0.25) is 4.79 Å². The van der Waals surface area contributed by atoms with Gasteiger partial charge in [0, 0.05) is 12.0 Å². The Labute approximate surface area is 282 Å². The van der Waals surface area contributed by atoms with Crippen molar-refractivity contribution in [2.24, 2.45) is 10.8 Å². The van der Waals surface area contributed by atoms with Crippen LogP contribution in [0.3, 0.4) is 0 Å². The Morgan fingerprint density at radius 2 is 1.42 bits per heavy atom. The number of carbonyl (C=O) groups excluding carboxylic acids is 3. The highest BCUT2D eigenvalue weighted by Gasteiger charge is 2.33. The number of esters is 3. The highest BCUT2D eigenvalue weighted by Crippen LogP contribution is 2.30. The minimum Gasteiger partial charge on any atom is -0.493 e. The molecular formula is C38H46O10. The molecule has 1 saturated heterocycles. The van der Waals surface area contributed by atoms with Crippen molar-refractivity contribution in [2.45, 2.75) is 47.0 Å². The molecule has 258 valence electrons. The third-order valence-corrected chi connectivity index (χ3v) is 8.20. The Kier molecular flexibility index (Phi) is 13.0. The summed E-state index contributed by atoms with van der Waals surface area (Å²) in [6.07, 6.45) is 2.23. The third-order valence-electron chi connectivity index (χ3n) is 8.20. The first-order chi connectivity index (χ1) is 23.0. The molecule has 1 heterocycles. The van der Waals surface area contributed by atoms with Crippen LogP contribution in [-0.2, 0) is 23.7 Å². The summed E-state index contributed by atoms with van der Waals surface area (Å²) in [5, 5.41) is 0. The predicted molar refractivity (Wildman–Crippen MR) is 180 cm³/mol. The SMILES string of the molecule is CCC(C)(C)C(=O)OCCOc1ccc(C(=O)Oc2ccc(-c3ccc(C(=O)OCCCCOCC4(C)COC4)cc3)cc2)cc1OC. The Hall–Kier alpha value is -4.41. The van der Waals surface area contributed by atoms with Crippen molar-refractivity contribution in [3.05, 3.63) is 77.9 Å². The maximum atomic E-state index is 12.9. The van der Waals surface area contributed by atoms with Crippen molar-refractivity contribution < 1.29 is 47.5 Å². The summed E-state index contributed by atoms with van der Waals surface area (Å²) < 4.78 is 38.3. The number of unbranched alkanes of at least 4 members (excludes halogenated alkanes) is 1. The van der Waals surface area contributed by atoms with Crippen LogP contribution in [0, 0.1) is 10.8 Å². The van der Waals surface area contributed by atoms with E-state index in [2.05, 4.69) is 6.92 Å². The molecule has 0 radical (unpaired) electrons. The van der Waals surface area contributed by atoms with Gasteiger partial charge in [0.05, 0.1) is 50.1 Å². The molecule has 4 rings (SSSR count). The van der Waals surface area contributed by atoms with Gasteiger partial charge in [-0.1, -0.05) is 38.1 Å². The predicted octanol–water partition coefficient (Wildman–Crippen LogP) is 6.93. The summed E-state index contributed by atoms with van der Waals surface area (Å²) >= 11 is 0. The van der Waals surface area contributed by atoms with Crippen molar-refractivity contribution in [1.29, 1.82) is 0 Å². The van der Waals surface area contributed by atoms with Crippen molar-refractivity contribution in [1.82, 2.24) is 0 Å². The molecule has 0 N–H and O–H groups in total. The molecule has 10 heteroatoms. The van der Waals surface area contributed by atoms with Crippen molar-refractivity contribution >= 4 is 17.9 Å². The van der Waals surface area contributed by atoms with E-state index in [4.69, 9.17) is 33.2 Å². The molecule has 0 aliphatic carbocycles. The van der Waals surface area contributed by atoms with Gasteiger partial charge in [-0.2, -0.15) is 0 Å².